The predicted octanol–water partition coefficient (Wildman–Crippen LogP) is 1.95. The van der Waals surface area contributed by atoms with E-state index in [4.69, 9.17) is 0 Å². The van der Waals surface area contributed by atoms with E-state index in [9.17, 15) is 4.79 Å². The summed E-state index contributed by atoms with van der Waals surface area (Å²) in [7, 11) is 3.87. The van der Waals surface area contributed by atoms with E-state index in [0.29, 0.717) is 13.1 Å². The summed E-state index contributed by atoms with van der Waals surface area (Å²) >= 11 is 1.62. The van der Waals surface area contributed by atoms with Gasteiger partial charge in [-0.1, -0.05) is 0 Å². The Balaban J connectivity index is 1.72. The summed E-state index contributed by atoms with van der Waals surface area (Å²) in [5.41, 5.74) is 2.04. The van der Waals surface area contributed by atoms with Gasteiger partial charge in [-0.3, -0.25) is 0 Å². The molecular weight excluding hydrogens is 298 g/mol. The number of carbonyl (C=O) groups is 1. The Hall–Kier alpha value is -2.15. The van der Waals surface area contributed by atoms with Gasteiger partial charge in [0.1, 0.15) is 5.82 Å². The molecule has 2 heterocycles. The van der Waals surface area contributed by atoms with Crippen LogP contribution >= 0.6 is 11.3 Å². The summed E-state index contributed by atoms with van der Waals surface area (Å²) in [4.78, 5) is 22.3. The molecule has 0 fully saturated rings. The number of urea groups is 1. The number of anilines is 1. The molecule has 0 aliphatic rings. The highest BCUT2D eigenvalue weighted by Crippen LogP contribution is 2.09. The lowest BCUT2D eigenvalue weighted by Crippen LogP contribution is -2.36. The Labute approximate surface area is 134 Å². The Morgan fingerprint density at radius 2 is 2.18 bits per heavy atom. The van der Waals surface area contributed by atoms with Crippen LogP contribution < -0.4 is 15.5 Å². The average molecular weight is 319 g/mol. The van der Waals surface area contributed by atoms with Crippen molar-refractivity contribution in [1.29, 1.82) is 0 Å². The van der Waals surface area contributed by atoms with Crippen molar-refractivity contribution in [3.05, 3.63) is 40.0 Å². The molecule has 0 aromatic carbocycles. The van der Waals surface area contributed by atoms with Crippen LogP contribution in [0.5, 0.6) is 0 Å². The number of hydrogen-bond donors (Lipinski definition) is 2. The molecule has 0 aliphatic carbocycles. The summed E-state index contributed by atoms with van der Waals surface area (Å²) in [5, 5.41) is 8.74. The number of nitrogens with zero attached hydrogens (tertiary/aromatic N) is 3. The molecule has 2 aromatic rings. The maximum atomic E-state index is 11.8. The number of aromatic nitrogens is 2. The third-order valence-corrected chi connectivity index (χ3v) is 4.04. The topological polar surface area (TPSA) is 70.2 Å². The smallest absolute Gasteiger partial charge is 0.315 e. The molecule has 2 aromatic heterocycles. The molecule has 0 bridgehead atoms. The number of nitrogens with one attached hydrogen (secondary N) is 2. The summed E-state index contributed by atoms with van der Waals surface area (Å²) in [5.74, 6) is 0.874. The van der Waals surface area contributed by atoms with Crippen molar-refractivity contribution < 1.29 is 4.79 Å². The summed E-state index contributed by atoms with van der Waals surface area (Å²) < 4.78 is 0. The van der Waals surface area contributed by atoms with Gasteiger partial charge in [0.25, 0.3) is 0 Å². The second-order valence-electron chi connectivity index (χ2n) is 5.16. The van der Waals surface area contributed by atoms with Crippen LogP contribution in [-0.4, -0.2) is 36.6 Å². The van der Waals surface area contributed by atoms with Crippen LogP contribution in [0.3, 0.4) is 0 Å². The van der Waals surface area contributed by atoms with Crippen molar-refractivity contribution in [2.24, 2.45) is 0 Å². The molecule has 0 unspecified atom stereocenters. The van der Waals surface area contributed by atoms with E-state index in [2.05, 4.69) is 20.6 Å². The zero-order chi connectivity index (χ0) is 15.9. The van der Waals surface area contributed by atoms with Gasteiger partial charge >= 0.3 is 6.03 Å². The van der Waals surface area contributed by atoms with E-state index >= 15 is 0 Å². The standard InChI is InChI=1S/C15H21N5OS/c1-11-10-22-14(19-11)5-7-17-15(21)18-9-12-4-6-16-13(8-12)20(2)3/h4,6,8,10H,5,7,9H2,1-3H3,(H2,17,18,21). The maximum absolute atomic E-state index is 11.8. The molecule has 0 radical (unpaired) electrons. The number of carbonyl (C=O) groups excluding carboxylic acids is 1. The lowest BCUT2D eigenvalue weighted by Gasteiger charge is -2.12. The van der Waals surface area contributed by atoms with Crippen LogP contribution in [0, 0.1) is 6.92 Å². The van der Waals surface area contributed by atoms with Crippen molar-refractivity contribution in [1.82, 2.24) is 20.6 Å². The van der Waals surface area contributed by atoms with Gasteiger partial charge in [-0.2, -0.15) is 0 Å². The second kappa shape index (κ2) is 7.74. The van der Waals surface area contributed by atoms with E-state index in [1.54, 1.807) is 17.5 Å². The zero-order valence-electron chi connectivity index (χ0n) is 13.1. The van der Waals surface area contributed by atoms with Crippen LogP contribution in [0.4, 0.5) is 10.6 Å². The third-order valence-electron chi connectivity index (χ3n) is 3.01. The molecule has 0 spiro atoms. The van der Waals surface area contributed by atoms with Gasteiger partial charge in [0.2, 0.25) is 0 Å². The summed E-state index contributed by atoms with van der Waals surface area (Å²) in [6.07, 6.45) is 2.50. The first-order valence-corrected chi connectivity index (χ1v) is 7.97. The fourth-order valence-corrected chi connectivity index (χ4v) is 2.64. The van der Waals surface area contributed by atoms with Crippen LogP contribution in [0.2, 0.25) is 0 Å². The van der Waals surface area contributed by atoms with Crippen molar-refractivity contribution in [2.45, 2.75) is 19.9 Å². The minimum absolute atomic E-state index is 0.170. The van der Waals surface area contributed by atoms with Gasteiger partial charge in [0.15, 0.2) is 0 Å². The maximum Gasteiger partial charge on any atom is 0.315 e. The number of hydrogen-bond acceptors (Lipinski definition) is 5. The third kappa shape index (κ3) is 5.00. The molecule has 6 nitrogen and oxygen atoms in total. The van der Waals surface area contributed by atoms with Crippen LogP contribution in [0.15, 0.2) is 23.7 Å². The van der Waals surface area contributed by atoms with Crippen LogP contribution in [-0.2, 0) is 13.0 Å². The van der Waals surface area contributed by atoms with Crippen LogP contribution in [0.1, 0.15) is 16.3 Å². The highest BCUT2D eigenvalue weighted by Gasteiger charge is 2.04. The quantitative estimate of drug-likeness (QED) is 0.854. The Kier molecular flexibility index (Phi) is 5.71. The first-order chi connectivity index (χ1) is 10.5. The zero-order valence-corrected chi connectivity index (χ0v) is 13.9. The number of amides is 2. The van der Waals surface area contributed by atoms with Gasteiger partial charge in [-0.15, -0.1) is 11.3 Å². The van der Waals surface area contributed by atoms with E-state index in [1.165, 1.54) is 0 Å². The molecule has 22 heavy (non-hydrogen) atoms. The minimum Gasteiger partial charge on any atom is -0.363 e. The van der Waals surface area contributed by atoms with E-state index in [0.717, 1.165) is 28.5 Å². The van der Waals surface area contributed by atoms with Gasteiger partial charge in [0.05, 0.1) is 5.01 Å². The normalized spacial score (nSPS) is 10.3. The number of rotatable bonds is 6. The molecular formula is C15H21N5OS. The van der Waals surface area contributed by atoms with Crippen molar-refractivity contribution in [3.8, 4) is 0 Å². The van der Waals surface area contributed by atoms with Crippen molar-refractivity contribution >= 4 is 23.2 Å². The van der Waals surface area contributed by atoms with Crippen molar-refractivity contribution in [3.63, 3.8) is 0 Å². The first-order valence-electron chi connectivity index (χ1n) is 7.09. The second-order valence-corrected chi connectivity index (χ2v) is 6.10. The summed E-state index contributed by atoms with van der Waals surface area (Å²) in [6.45, 7) is 3.03. The number of thiazole rings is 1. The lowest BCUT2D eigenvalue weighted by atomic mass is 10.2. The van der Waals surface area contributed by atoms with Gasteiger partial charge in [-0.25, -0.2) is 14.8 Å². The average Bonchev–Trinajstić information content (AvgIpc) is 2.91. The molecule has 2 rings (SSSR count). The largest absolute Gasteiger partial charge is 0.363 e. The van der Waals surface area contributed by atoms with E-state index < -0.39 is 0 Å². The minimum atomic E-state index is -0.170. The Bertz CT molecular complexity index is 626. The highest BCUT2D eigenvalue weighted by molar-refractivity contribution is 7.09. The number of aryl methyl sites for hydroxylation is 1. The molecule has 0 saturated heterocycles. The summed E-state index contributed by atoms with van der Waals surface area (Å²) in [6, 6.07) is 3.68. The Morgan fingerprint density at radius 1 is 1.36 bits per heavy atom. The predicted molar refractivity (Wildman–Crippen MR) is 89.4 cm³/mol. The van der Waals surface area contributed by atoms with Crippen molar-refractivity contribution in [2.75, 3.05) is 25.5 Å². The fourth-order valence-electron chi connectivity index (χ4n) is 1.86. The molecule has 0 atom stereocenters. The molecule has 7 heteroatoms. The molecule has 118 valence electrons. The Morgan fingerprint density at radius 3 is 2.86 bits per heavy atom. The monoisotopic (exact) mass is 319 g/mol. The van der Waals surface area contributed by atoms with E-state index in [-0.39, 0.29) is 6.03 Å². The SMILES string of the molecule is Cc1csc(CCNC(=O)NCc2ccnc(N(C)C)c2)n1. The molecule has 2 N–H and O–H groups in total. The first kappa shape index (κ1) is 16.2. The fraction of sp³-hybridized carbons (Fsp3) is 0.400. The molecule has 0 saturated carbocycles. The lowest BCUT2D eigenvalue weighted by molar-refractivity contribution is 0.240. The molecule has 2 amide bonds. The molecule has 0 aliphatic heterocycles. The van der Waals surface area contributed by atoms with Crippen LogP contribution in [0.25, 0.3) is 0 Å². The van der Waals surface area contributed by atoms with Gasteiger partial charge in [-0.05, 0) is 24.6 Å². The van der Waals surface area contributed by atoms with Gasteiger partial charge in [0, 0.05) is 50.9 Å². The van der Waals surface area contributed by atoms with E-state index in [1.807, 2.05) is 43.4 Å². The van der Waals surface area contributed by atoms with Gasteiger partial charge < -0.3 is 15.5 Å². The highest BCUT2D eigenvalue weighted by atomic mass is 32.1. The number of pyridine rings is 1.